The van der Waals surface area contributed by atoms with Crippen LogP contribution < -0.4 is 29.6 Å². The third-order valence-corrected chi connectivity index (χ3v) is 13.2. The van der Waals surface area contributed by atoms with Crippen molar-refractivity contribution in [3.8, 4) is 23.0 Å². The molecule has 8 nitrogen and oxygen atoms in total. The molecule has 0 saturated heterocycles. The number of hydrogen-bond acceptors (Lipinski definition) is 6. The van der Waals surface area contributed by atoms with E-state index in [1.807, 2.05) is 26.0 Å². The molecule has 12 atom stereocenters. The van der Waals surface area contributed by atoms with Crippen LogP contribution in [0.1, 0.15) is 37.8 Å². The number of ether oxygens (including phenoxy) is 4. The van der Waals surface area contributed by atoms with Crippen LogP contribution in [0.4, 0.5) is 0 Å². The van der Waals surface area contributed by atoms with E-state index < -0.39 is 0 Å². The molecule has 8 heteroatoms. The minimum absolute atomic E-state index is 0.170. The molecule has 252 valence electrons. The molecule has 2 aliphatic heterocycles. The molecule has 0 unspecified atom stereocenters. The summed E-state index contributed by atoms with van der Waals surface area (Å²) in [5.41, 5.74) is 2.51. The lowest BCUT2D eigenvalue weighted by Crippen LogP contribution is -2.67. The first-order valence-corrected chi connectivity index (χ1v) is 18.2. The Labute approximate surface area is 282 Å². The third-order valence-electron chi connectivity index (χ3n) is 13.2. The highest BCUT2D eigenvalue weighted by Gasteiger charge is 2.67. The highest BCUT2D eigenvalue weighted by atomic mass is 16.7. The lowest BCUT2D eigenvalue weighted by Gasteiger charge is -2.71. The molecule has 48 heavy (non-hydrogen) atoms. The predicted molar refractivity (Wildman–Crippen MR) is 179 cm³/mol. The molecule has 2 aromatic carbocycles. The summed E-state index contributed by atoms with van der Waals surface area (Å²) in [5.74, 6) is 8.99. The summed E-state index contributed by atoms with van der Waals surface area (Å²) in [6.07, 6.45) is 13.2. The number of nitrogens with one attached hydrogen (secondary N) is 2. The molecule has 6 aliphatic carbocycles. The maximum Gasteiger partial charge on any atom is 0.231 e. The van der Waals surface area contributed by atoms with Gasteiger partial charge in [0.2, 0.25) is 25.4 Å². The first-order valence-electron chi connectivity index (χ1n) is 18.2. The first kappa shape index (κ1) is 30.1. The second-order valence-corrected chi connectivity index (χ2v) is 15.1. The van der Waals surface area contributed by atoms with E-state index in [0.29, 0.717) is 96.9 Å². The van der Waals surface area contributed by atoms with Gasteiger partial charge in [-0.3, -0.25) is 9.59 Å². The number of amides is 2. The smallest absolute Gasteiger partial charge is 0.231 e. The van der Waals surface area contributed by atoms with Gasteiger partial charge < -0.3 is 29.6 Å². The molecule has 2 bridgehead atoms. The van der Waals surface area contributed by atoms with Crippen molar-refractivity contribution in [2.45, 2.75) is 39.5 Å². The Kier molecular flexibility index (Phi) is 7.46. The summed E-state index contributed by atoms with van der Waals surface area (Å²) in [6.45, 7) is 5.87. The lowest BCUT2D eigenvalue weighted by atomic mass is 9.33. The van der Waals surface area contributed by atoms with Gasteiger partial charge in [-0.1, -0.05) is 36.4 Å². The van der Waals surface area contributed by atoms with Crippen LogP contribution in [-0.4, -0.2) is 38.5 Å². The van der Waals surface area contributed by atoms with Crippen molar-refractivity contribution >= 4 is 11.8 Å². The van der Waals surface area contributed by atoms with Gasteiger partial charge in [-0.2, -0.15) is 0 Å². The second-order valence-electron chi connectivity index (χ2n) is 15.1. The average Bonchev–Trinajstić information content (AvgIpc) is 3.76. The Balaban J connectivity index is 1.02. The predicted octanol–water partition coefficient (Wildman–Crippen LogP) is 5.56. The Morgan fingerprint density at radius 1 is 0.562 bits per heavy atom. The zero-order chi connectivity index (χ0) is 32.5. The molecule has 2 heterocycles. The van der Waals surface area contributed by atoms with E-state index in [9.17, 15) is 9.59 Å². The van der Waals surface area contributed by atoms with Crippen LogP contribution in [-0.2, 0) is 22.4 Å². The fraction of sp³-hybridized carbons (Fsp3) is 0.550. The van der Waals surface area contributed by atoms with Crippen molar-refractivity contribution in [3.05, 3.63) is 71.8 Å². The fourth-order valence-corrected chi connectivity index (χ4v) is 11.5. The molecule has 2 N–H and O–H groups in total. The first-order chi connectivity index (χ1) is 23.5. The Hall–Kier alpha value is -3.94. The number of fused-ring (bicyclic) bond motifs is 3. The maximum atomic E-state index is 13.2. The largest absolute Gasteiger partial charge is 0.454 e. The van der Waals surface area contributed by atoms with Crippen molar-refractivity contribution in [3.63, 3.8) is 0 Å². The van der Waals surface area contributed by atoms with Gasteiger partial charge in [0.25, 0.3) is 0 Å². The third kappa shape index (κ3) is 4.76. The normalized spacial score (nSPS) is 36.7. The van der Waals surface area contributed by atoms with Crippen molar-refractivity contribution in [1.82, 2.24) is 10.6 Å². The van der Waals surface area contributed by atoms with E-state index in [1.165, 1.54) is 11.1 Å². The lowest BCUT2D eigenvalue weighted by molar-refractivity contribution is -0.191. The highest BCUT2D eigenvalue weighted by molar-refractivity contribution is 5.77. The van der Waals surface area contributed by atoms with E-state index in [-0.39, 0.29) is 25.4 Å². The Bertz CT molecular complexity index is 1670. The molecule has 0 aromatic heterocycles. The number of rotatable bonds is 10. The molecule has 0 spiro atoms. The van der Waals surface area contributed by atoms with Crippen LogP contribution in [0.15, 0.2) is 60.7 Å². The van der Waals surface area contributed by atoms with Crippen LogP contribution in [0.25, 0.3) is 0 Å². The van der Waals surface area contributed by atoms with Gasteiger partial charge in [0.05, 0.1) is 0 Å². The summed E-state index contributed by atoms with van der Waals surface area (Å²) >= 11 is 0. The van der Waals surface area contributed by atoms with Crippen LogP contribution in [0.2, 0.25) is 0 Å². The molecular weight excluding hydrogens is 604 g/mol. The monoisotopic (exact) mass is 650 g/mol. The zero-order valence-corrected chi connectivity index (χ0v) is 27.8. The number of hydrogen-bond donors (Lipinski definition) is 2. The molecule has 8 aliphatic rings. The Morgan fingerprint density at radius 3 is 1.62 bits per heavy atom. The minimum Gasteiger partial charge on any atom is -0.454 e. The van der Waals surface area contributed by atoms with Crippen molar-refractivity contribution in [2.75, 3.05) is 26.7 Å². The van der Waals surface area contributed by atoms with E-state index >= 15 is 0 Å². The molecule has 3 saturated carbocycles. The molecular formula is C40H46N2O6. The number of benzene rings is 2. The quantitative estimate of drug-likeness (QED) is 0.328. The standard InChI is InChI=1S/C40H46N2O6/c1-3-41-35(43)17-29-27(13-21-5-11-31-33(15-21)47-19-45-31)25-8-7-23-24-9-10-26(37(23)39(25)29)40-28(30(38(24)40)18-36(44)42-4-2)14-22-6-12-32-34(16-22)48-20-46-32/h5-12,15-16,23-30,37-40H,3-4,13-14,17-20H2,1-2H3,(H,41,43)(H,42,44)/t23-,24+,25-,26-,27+,28+,29-,30+,37-,38-,39-,40+/m0/s1. The van der Waals surface area contributed by atoms with E-state index in [1.54, 1.807) is 0 Å². The topological polar surface area (TPSA) is 95.1 Å². The SMILES string of the molecule is CCNC(=O)C[C@@H]1[C@@H](Cc2ccc3c(c2)OCO3)[C@H]2[C@H]3C=C[C@H]([C@@H]4C=C[C@H]5[C@@H](Cc6ccc7c(c6)OCO7)[C@H](CC(=O)NCC)[C@H]5[C@@H]43)[C@@H]12. The molecule has 2 amide bonds. The van der Waals surface area contributed by atoms with Gasteiger partial charge in [-0.25, -0.2) is 0 Å². The maximum absolute atomic E-state index is 13.2. The molecule has 3 fully saturated rings. The van der Waals surface area contributed by atoms with Gasteiger partial charge in [0.1, 0.15) is 0 Å². The van der Waals surface area contributed by atoms with E-state index in [0.717, 1.165) is 35.8 Å². The summed E-state index contributed by atoms with van der Waals surface area (Å²) < 4.78 is 22.6. The average molecular weight is 651 g/mol. The van der Waals surface area contributed by atoms with E-state index in [2.05, 4.69) is 59.2 Å². The van der Waals surface area contributed by atoms with Crippen molar-refractivity contribution < 1.29 is 28.5 Å². The molecule has 2 aromatic rings. The molecule has 0 radical (unpaired) electrons. The van der Waals surface area contributed by atoms with Crippen LogP contribution in [0.5, 0.6) is 23.0 Å². The summed E-state index contributed by atoms with van der Waals surface area (Å²) in [4.78, 5) is 26.3. The van der Waals surface area contributed by atoms with Gasteiger partial charge >= 0.3 is 0 Å². The van der Waals surface area contributed by atoms with Gasteiger partial charge in [-0.05, 0) is 133 Å². The summed E-state index contributed by atoms with van der Waals surface area (Å²) in [6, 6.07) is 12.7. The Morgan fingerprint density at radius 2 is 1.02 bits per heavy atom. The van der Waals surface area contributed by atoms with Crippen LogP contribution >= 0.6 is 0 Å². The fourth-order valence-electron chi connectivity index (χ4n) is 11.5. The summed E-state index contributed by atoms with van der Waals surface area (Å²) in [7, 11) is 0. The summed E-state index contributed by atoms with van der Waals surface area (Å²) in [5, 5.41) is 6.21. The number of carbonyl (C=O) groups is 2. The van der Waals surface area contributed by atoms with Gasteiger partial charge in [0, 0.05) is 25.9 Å². The van der Waals surface area contributed by atoms with Crippen LogP contribution in [0, 0.1) is 71.0 Å². The molecule has 10 rings (SSSR count). The zero-order valence-electron chi connectivity index (χ0n) is 27.8. The number of carbonyl (C=O) groups excluding carboxylic acids is 2. The van der Waals surface area contributed by atoms with E-state index in [4.69, 9.17) is 18.9 Å². The van der Waals surface area contributed by atoms with Crippen molar-refractivity contribution in [1.29, 1.82) is 0 Å². The van der Waals surface area contributed by atoms with Crippen molar-refractivity contribution in [2.24, 2.45) is 71.0 Å². The van der Waals surface area contributed by atoms with Gasteiger partial charge in [-0.15, -0.1) is 0 Å². The van der Waals surface area contributed by atoms with Gasteiger partial charge in [0.15, 0.2) is 23.0 Å². The minimum atomic E-state index is 0.170. The van der Waals surface area contributed by atoms with Crippen LogP contribution in [0.3, 0.4) is 0 Å². The highest BCUT2D eigenvalue weighted by Crippen LogP contribution is 2.71. The second kappa shape index (κ2) is 11.9. The number of allylic oxidation sites excluding steroid dienone is 4.